The average molecular weight is 332 g/mol. The number of ether oxygens (including phenoxy) is 1. The molecule has 1 heterocycles. The molecule has 0 unspecified atom stereocenters. The van der Waals surface area contributed by atoms with Gasteiger partial charge in [0.2, 0.25) is 0 Å². The highest BCUT2D eigenvalue weighted by atomic mass is 32.2. The summed E-state index contributed by atoms with van der Waals surface area (Å²) in [5.74, 6) is 1.26. The summed E-state index contributed by atoms with van der Waals surface area (Å²) in [6.07, 6.45) is 4.53. The number of thioether (sulfide) groups is 1. The molecule has 1 aliphatic heterocycles. The lowest BCUT2D eigenvalue weighted by molar-refractivity contribution is 0.0146. The van der Waals surface area contributed by atoms with Crippen LogP contribution in [0.5, 0.6) is 0 Å². The minimum Gasteiger partial charge on any atom is -0.444 e. The fraction of sp³-hybridized carbons (Fsp3) is 0.938. The molecule has 0 bridgehead atoms. The van der Waals surface area contributed by atoms with E-state index < -0.39 is 5.60 Å². The maximum absolute atomic E-state index is 12.0. The van der Waals surface area contributed by atoms with Crippen LogP contribution < -0.4 is 5.32 Å². The predicted molar refractivity (Wildman–Crippen MR) is 94.7 cm³/mol. The Labute approximate surface area is 140 Å². The van der Waals surface area contributed by atoms with Crippen LogP contribution in [0.2, 0.25) is 0 Å². The van der Waals surface area contributed by atoms with Gasteiger partial charge in [-0.2, -0.15) is 11.8 Å². The fourth-order valence-electron chi connectivity index (χ4n) is 2.34. The summed E-state index contributed by atoms with van der Waals surface area (Å²) in [5.41, 5.74) is -0.408. The molecule has 1 fully saturated rings. The van der Waals surface area contributed by atoms with Crippen molar-refractivity contribution in [2.24, 2.45) is 0 Å². The number of nitrogens with zero attached hydrogens (tertiary/aromatic N) is 2. The molecule has 1 aliphatic rings. The molecule has 1 amide bonds. The molecule has 0 radical (unpaired) electrons. The Bertz CT molecular complexity index is 313. The molecule has 0 saturated carbocycles. The third-order valence-electron chi connectivity index (χ3n) is 3.58. The van der Waals surface area contributed by atoms with Crippen molar-refractivity contribution in [1.29, 1.82) is 0 Å². The second kappa shape index (κ2) is 10.3. The van der Waals surface area contributed by atoms with Crippen LogP contribution in [0.15, 0.2) is 0 Å². The van der Waals surface area contributed by atoms with Crippen LogP contribution in [0.25, 0.3) is 0 Å². The van der Waals surface area contributed by atoms with Crippen molar-refractivity contribution in [2.45, 2.75) is 39.2 Å². The summed E-state index contributed by atoms with van der Waals surface area (Å²) in [7, 11) is 0. The number of nitrogens with one attached hydrogen (secondary N) is 1. The molecule has 0 atom stereocenters. The minimum absolute atomic E-state index is 0.181. The van der Waals surface area contributed by atoms with Crippen LogP contribution in [-0.4, -0.2) is 79.3 Å². The van der Waals surface area contributed by atoms with E-state index in [-0.39, 0.29) is 6.09 Å². The SMILES string of the molecule is CSCCCCNCCN1CCN(C(=O)OC(C)(C)C)CC1. The molecule has 0 aromatic heterocycles. The number of carbonyl (C=O) groups is 1. The summed E-state index contributed by atoms with van der Waals surface area (Å²) < 4.78 is 5.41. The summed E-state index contributed by atoms with van der Waals surface area (Å²) in [6, 6.07) is 0. The summed E-state index contributed by atoms with van der Waals surface area (Å²) in [6.45, 7) is 12.3. The zero-order chi connectivity index (χ0) is 16.4. The molecule has 22 heavy (non-hydrogen) atoms. The molecule has 1 N–H and O–H groups in total. The van der Waals surface area contributed by atoms with E-state index in [1.807, 2.05) is 37.4 Å². The van der Waals surface area contributed by atoms with Gasteiger partial charge >= 0.3 is 6.09 Å². The van der Waals surface area contributed by atoms with Crippen LogP contribution in [0, 0.1) is 0 Å². The fourth-order valence-corrected chi connectivity index (χ4v) is 2.83. The molecule has 1 saturated heterocycles. The highest BCUT2D eigenvalue weighted by Gasteiger charge is 2.25. The second-order valence-electron chi connectivity index (χ2n) is 6.76. The second-order valence-corrected chi connectivity index (χ2v) is 7.74. The first kappa shape index (κ1) is 19.6. The van der Waals surface area contributed by atoms with E-state index in [0.717, 1.165) is 45.8 Å². The maximum Gasteiger partial charge on any atom is 0.410 e. The third kappa shape index (κ3) is 8.86. The van der Waals surface area contributed by atoms with Gasteiger partial charge in [-0.3, -0.25) is 4.90 Å². The normalized spacial score (nSPS) is 16.8. The van der Waals surface area contributed by atoms with Crippen molar-refractivity contribution in [1.82, 2.24) is 15.1 Å². The van der Waals surface area contributed by atoms with E-state index in [9.17, 15) is 4.79 Å². The monoisotopic (exact) mass is 331 g/mol. The summed E-state index contributed by atoms with van der Waals surface area (Å²) in [5, 5.41) is 3.50. The van der Waals surface area contributed by atoms with Crippen LogP contribution in [-0.2, 0) is 4.74 Å². The van der Waals surface area contributed by atoms with Crippen molar-refractivity contribution < 1.29 is 9.53 Å². The number of hydrogen-bond acceptors (Lipinski definition) is 5. The van der Waals surface area contributed by atoms with Crippen molar-refractivity contribution in [3.05, 3.63) is 0 Å². The topological polar surface area (TPSA) is 44.8 Å². The van der Waals surface area contributed by atoms with Crippen molar-refractivity contribution in [3.63, 3.8) is 0 Å². The van der Waals surface area contributed by atoms with E-state index in [1.165, 1.54) is 18.6 Å². The number of piperazine rings is 1. The van der Waals surface area contributed by atoms with Crippen LogP contribution in [0.3, 0.4) is 0 Å². The summed E-state index contributed by atoms with van der Waals surface area (Å²) >= 11 is 1.92. The highest BCUT2D eigenvalue weighted by molar-refractivity contribution is 7.98. The Kier molecular flexibility index (Phi) is 9.21. The molecular weight excluding hydrogens is 298 g/mol. The first-order valence-electron chi connectivity index (χ1n) is 8.32. The Balaban J connectivity index is 2.06. The van der Waals surface area contributed by atoms with Crippen molar-refractivity contribution >= 4 is 17.9 Å². The summed E-state index contributed by atoms with van der Waals surface area (Å²) in [4.78, 5) is 16.2. The average Bonchev–Trinajstić information content (AvgIpc) is 2.45. The zero-order valence-corrected chi connectivity index (χ0v) is 15.5. The van der Waals surface area contributed by atoms with E-state index in [2.05, 4.69) is 16.5 Å². The van der Waals surface area contributed by atoms with Gasteiger partial charge < -0.3 is 15.0 Å². The Morgan fingerprint density at radius 1 is 1.14 bits per heavy atom. The molecule has 130 valence electrons. The number of unbranched alkanes of at least 4 members (excludes halogenated alkanes) is 1. The molecule has 5 nitrogen and oxygen atoms in total. The standard InChI is InChI=1S/C16H33N3O2S/c1-16(2,3)21-15(20)19-12-10-18(11-13-19)9-8-17-7-5-6-14-22-4/h17H,5-14H2,1-4H3. The van der Waals surface area contributed by atoms with Gasteiger partial charge in [0.15, 0.2) is 0 Å². The Morgan fingerprint density at radius 3 is 2.41 bits per heavy atom. The van der Waals surface area contributed by atoms with Crippen LogP contribution >= 0.6 is 11.8 Å². The van der Waals surface area contributed by atoms with E-state index in [1.54, 1.807) is 0 Å². The Morgan fingerprint density at radius 2 is 1.82 bits per heavy atom. The van der Waals surface area contributed by atoms with E-state index in [4.69, 9.17) is 4.74 Å². The van der Waals surface area contributed by atoms with Gasteiger partial charge in [0.25, 0.3) is 0 Å². The highest BCUT2D eigenvalue weighted by Crippen LogP contribution is 2.11. The van der Waals surface area contributed by atoms with Crippen LogP contribution in [0.4, 0.5) is 4.79 Å². The van der Waals surface area contributed by atoms with Gasteiger partial charge in [-0.05, 0) is 52.2 Å². The molecule has 0 spiro atoms. The van der Waals surface area contributed by atoms with Gasteiger partial charge in [-0.15, -0.1) is 0 Å². The molecule has 0 aromatic carbocycles. The predicted octanol–water partition coefficient (Wildman–Crippen LogP) is 2.27. The molecule has 1 rings (SSSR count). The smallest absolute Gasteiger partial charge is 0.410 e. The first-order chi connectivity index (χ1) is 10.4. The van der Waals surface area contributed by atoms with Gasteiger partial charge in [0.1, 0.15) is 5.60 Å². The molecule has 0 aromatic rings. The largest absolute Gasteiger partial charge is 0.444 e. The lowest BCUT2D eigenvalue weighted by Crippen LogP contribution is -2.51. The van der Waals surface area contributed by atoms with E-state index >= 15 is 0 Å². The maximum atomic E-state index is 12.0. The van der Waals surface area contributed by atoms with Crippen molar-refractivity contribution in [2.75, 3.05) is 57.8 Å². The molecular formula is C16H33N3O2S. The van der Waals surface area contributed by atoms with Gasteiger partial charge in [-0.1, -0.05) is 0 Å². The van der Waals surface area contributed by atoms with Crippen molar-refractivity contribution in [3.8, 4) is 0 Å². The van der Waals surface area contributed by atoms with Gasteiger partial charge in [-0.25, -0.2) is 4.79 Å². The first-order valence-corrected chi connectivity index (χ1v) is 9.71. The molecule has 6 heteroatoms. The lowest BCUT2D eigenvalue weighted by Gasteiger charge is -2.35. The van der Waals surface area contributed by atoms with Gasteiger partial charge in [0, 0.05) is 39.3 Å². The lowest BCUT2D eigenvalue weighted by atomic mass is 10.2. The van der Waals surface area contributed by atoms with Crippen LogP contribution in [0.1, 0.15) is 33.6 Å². The Hall–Kier alpha value is -0.460. The van der Waals surface area contributed by atoms with Gasteiger partial charge in [0.05, 0.1) is 0 Å². The third-order valence-corrected chi connectivity index (χ3v) is 4.28. The number of carbonyl (C=O) groups excluding carboxylic acids is 1. The number of rotatable bonds is 8. The minimum atomic E-state index is -0.408. The number of hydrogen-bond donors (Lipinski definition) is 1. The zero-order valence-electron chi connectivity index (χ0n) is 14.7. The van der Waals surface area contributed by atoms with E-state index in [0.29, 0.717) is 0 Å². The quantitative estimate of drug-likeness (QED) is 0.691. The molecule has 0 aliphatic carbocycles. The number of amides is 1.